The molecule has 0 radical (unpaired) electrons. The Kier molecular flexibility index (Phi) is 4.98. The van der Waals surface area contributed by atoms with Gasteiger partial charge in [-0.2, -0.15) is 5.10 Å². The number of para-hydroxylation sites is 1. The molecule has 6 nitrogen and oxygen atoms in total. The summed E-state index contributed by atoms with van der Waals surface area (Å²) in [5.74, 6) is -0.486. The molecule has 6 heteroatoms. The van der Waals surface area contributed by atoms with Crippen LogP contribution in [-0.4, -0.2) is 43.8 Å². The molecule has 0 unspecified atom stereocenters. The first-order valence-electron chi connectivity index (χ1n) is 9.20. The summed E-state index contributed by atoms with van der Waals surface area (Å²) >= 11 is 0. The van der Waals surface area contributed by atoms with Crippen molar-refractivity contribution in [3.05, 3.63) is 77.9 Å². The molecule has 4 rings (SSSR count). The lowest BCUT2D eigenvalue weighted by atomic mass is 9.94. The van der Waals surface area contributed by atoms with Crippen LogP contribution in [0.1, 0.15) is 40.4 Å². The number of nitrogens with zero attached hydrogens (tertiary/aromatic N) is 4. The number of aromatic nitrogens is 3. The van der Waals surface area contributed by atoms with Gasteiger partial charge in [0.1, 0.15) is 0 Å². The third-order valence-corrected chi connectivity index (χ3v) is 5.04. The highest BCUT2D eigenvalue weighted by molar-refractivity contribution is 5.91. The predicted octanol–water partition coefficient (Wildman–Crippen LogP) is 3.35. The maximum atomic E-state index is 11.4. The van der Waals surface area contributed by atoms with E-state index < -0.39 is 5.97 Å². The number of pyridine rings is 1. The van der Waals surface area contributed by atoms with Gasteiger partial charge in [0, 0.05) is 42.7 Å². The maximum absolute atomic E-state index is 11.4. The van der Waals surface area contributed by atoms with Crippen molar-refractivity contribution in [3.63, 3.8) is 0 Å². The number of carbonyl (C=O) groups is 1. The van der Waals surface area contributed by atoms with E-state index in [-0.39, 0.29) is 5.56 Å². The first-order valence-corrected chi connectivity index (χ1v) is 9.20. The van der Waals surface area contributed by atoms with Crippen LogP contribution < -0.4 is 0 Å². The molecule has 3 aromatic rings. The summed E-state index contributed by atoms with van der Waals surface area (Å²) in [7, 11) is 0. The number of aromatic carboxylic acids is 1. The Balaban J connectivity index is 1.48. The lowest BCUT2D eigenvalue weighted by Crippen LogP contribution is -2.34. The van der Waals surface area contributed by atoms with Gasteiger partial charge in [0.2, 0.25) is 0 Å². The molecule has 0 saturated carbocycles. The third-order valence-electron chi connectivity index (χ3n) is 5.04. The summed E-state index contributed by atoms with van der Waals surface area (Å²) in [4.78, 5) is 18.4. The summed E-state index contributed by atoms with van der Waals surface area (Å²) in [6, 6.07) is 13.0. The minimum absolute atomic E-state index is 0.250. The molecule has 138 valence electrons. The van der Waals surface area contributed by atoms with Gasteiger partial charge in [0.25, 0.3) is 0 Å². The van der Waals surface area contributed by atoms with Crippen molar-refractivity contribution in [2.45, 2.75) is 25.3 Å². The van der Waals surface area contributed by atoms with Gasteiger partial charge in [-0.05, 0) is 43.7 Å². The minimum atomic E-state index is -0.947. The molecule has 0 spiro atoms. The highest BCUT2D eigenvalue weighted by Crippen LogP contribution is 2.26. The number of hydrogen-bond donors (Lipinski definition) is 1. The zero-order chi connectivity index (χ0) is 18.6. The van der Waals surface area contributed by atoms with Crippen molar-refractivity contribution >= 4 is 5.97 Å². The Morgan fingerprint density at radius 3 is 2.85 bits per heavy atom. The molecule has 0 aliphatic carbocycles. The highest BCUT2D eigenvalue weighted by Gasteiger charge is 2.22. The Bertz CT molecular complexity index is 923. The van der Waals surface area contributed by atoms with Crippen LogP contribution in [0.3, 0.4) is 0 Å². The van der Waals surface area contributed by atoms with Crippen LogP contribution in [0.4, 0.5) is 0 Å². The molecule has 1 aliphatic heterocycles. The van der Waals surface area contributed by atoms with E-state index in [4.69, 9.17) is 0 Å². The van der Waals surface area contributed by atoms with Crippen LogP contribution in [0.25, 0.3) is 5.69 Å². The lowest BCUT2D eigenvalue weighted by molar-refractivity contribution is 0.0696. The SMILES string of the molecule is O=C(O)c1ccccc1-n1cc(CN2CCC[C@@H](c3ccccn3)C2)cn1. The van der Waals surface area contributed by atoms with E-state index >= 15 is 0 Å². The van der Waals surface area contributed by atoms with E-state index in [0.717, 1.165) is 37.3 Å². The van der Waals surface area contributed by atoms with Gasteiger partial charge >= 0.3 is 5.97 Å². The van der Waals surface area contributed by atoms with Gasteiger partial charge in [-0.25, -0.2) is 9.48 Å². The normalized spacial score (nSPS) is 17.7. The first kappa shape index (κ1) is 17.4. The summed E-state index contributed by atoms with van der Waals surface area (Å²) in [6.07, 6.45) is 7.92. The standard InChI is InChI=1S/C21H22N4O2/c26-21(27)18-7-1-2-9-20(18)25-14-16(12-23-25)13-24-11-5-6-17(15-24)19-8-3-4-10-22-19/h1-4,7-10,12,14,17H,5-6,11,13,15H2,(H,26,27)/t17-/m1/s1. The molecular formula is C21H22N4O2. The first-order chi connectivity index (χ1) is 13.2. The smallest absolute Gasteiger partial charge is 0.337 e. The van der Waals surface area contributed by atoms with Crippen LogP contribution >= 0.6 is 0 Å². The van der Waals surface area contributed by atoms with E-state index in [0.29, 0.717) is 11.6 Å². The Morgan fingerprint density at radius 2 is 2.04 bits per heavy atom. The monoisotopic (exact) mass is 362 g/mol. The molecule has 2 aromatic heterocycles. The zero-order valence-electron chi connectivity index (χ0n) is 15.0. The highest BCUT2D eigenvalue weighted by atomic mass is 16.4. The second-order valence-corrected chi connectivity index (χ2v) is 6.94. The Labute approximate surface area is 158 Å². The third kappa shape index (κ3) is 3.90. The summed E-state index contributed by atoms with van der Waals surface area (Å²) in [6.45, 7) is 2.84. The number of piperidine rings is 1. The van der Waals surface area contributed by atoms with Gasteiger partial charge in [-0.15, -0.1) is 0 Å². The van der Waals surface area contributed by atoms with Gasteiger partial charge in [0.05, 0.1) is 17.4 Å². The zero-order valence-corrected chi connectivity index (χ0v) is 15.0. The number of carboxylic acid groups (broad SMARTS) is 1. The molecule has 0 amide bonds. The van der Waals surface area contributed by atoms with Gasteiger partial charge in [-0.1, -0.05) is 18.2 Å². The molecule has 1 N–H and O–H groups in total. The quantitative estimate of drug-likeness (QED) is 0.754. The molecule has 0 bridgehead atoms. The number of carboxylic acids is 1. The van der Waals surface area contributed by atoms with Gasteiger partial charge in [-0.3, -0.25) is 9.88 Å². The average Bonchev–Trinajstić information content (AvgIpc) is 3.17. The molecule has 1 aliphatic rings. The van der Waals surface area contributed by atoms with Crippen molar-refractivity contribution in [3.8, 4) is 5.69 Å². The van der Waals surface area contributed by atoms with Crippen LogP contribution in [-0.2, 0) is 6.54 Å². The van der Waals surface area contributed by atoms with Crippen LogP contribution in [0.2, 0.25) is 0 Å². The fourth-order valence-corrected chi connectivity index (χ4v) is 3.74. The predicted molar refractivity (Wildman–Crippen MR) is 102 cm³/mol. The number of rotatable bonds is 5. The summed E-state index contributed by atoms with van der Waals surface area (Å²) < 4.78 is 1.65. The fraction of sp³-hybridized carbons (Fsp3) is 0.286. The van der Waals surface area contributed by atoms with E-state index in [9.17, 15) is 9.90 Å². The van der Waals surface area contributed by atoms with Crippen molar-refractivity contribution in [1.82, 2.24) is 19.7 Å². The second-order valence-electron chi connectivity index (χ2n) is 6.94. The molecule has 27 heavy (non-hydrogen) atoms. The van der Waals surface area contributed by atoms with Gasteiger partial charge in [0.15, 0.2) is 0 Å². The van der Waals surface area contributed by atoms with E-state index in [1.807, 2.05) is 36.8 Å². The topological polar surface area (TPSA) is 71.2 Å². The second kappa shape index (κ2) is 7.72. The van der Waals surface area contributed by atoms with Crippen LogP contribution in [0.15, 0.2) is 61.1 Å². The Morgan fingerprint density at radius 1 is 1.19 bits per heavy atom. The van der Waals surface area contributed by atoms with Crippen molar-refractivity contribution < 1.29 is 9.90 Å². The lowest BCUT2D eigenvalue weighted by Gasteiger charge is -2.32. The molecular weight excluding hydrogens is 340 g/mol. The van der Waals surface area contributed by atoms with Crippen molar-refractivity contribution in [1.29, 1.82) is 0 Å². The number of hydrogen-bond acceptors (Lipinski definition) is 4. The van der Waals surface area contributed by atoms with E-state index in [2.05, 4.69) is 21.0 Å². The molecule has 1 fully saturated rings. The molecule has 1 saturated heterocycles. The van der Waals surface area contributed by atoms with E-state index in [1.165, 1.54) is 6.42 Å². The molecule has 3 heterocycles. The molecule has 1 atom stereocenters. The summed E-state index contributed by atoms with van der Waals surface area (Å²) in [5.41, 5.74) is 3.08. The number of likely N-dealkylation sites (tertiary alicyclic amines) is 1. The van der Waals surface area contributed by atoms with Crippen LogP contribution in [0.5, 0.6) is 0 Å². The summed E-state index contributed by atoms with van der Waals surface area (Å²) in [5, 5.41) is 13.8. The maximum Gasteiger partial charge on any atom is 0.337 e. The number of benzene rings is 1. The van der Waals surface area contributed by atoms with Crippen molar-refractivity contribution in [2.75, 3.05) is 13.1 Å². The minimum Gasteiger partial charge on any atom is -0.478 e. The largest absolute Gasteiger partial charge is 0.478 e. The van der Waals surface area contributed by atoms with Crippen molar-refractivity contribution in [2.24, 2.45) is 0 Å². The molecule has 1 aromatic carbocycles. The Hall–Kier alpha value is -2.99. The van der Waals surface area contributed by atoms with E-state index in [1.54, 1.807) is 22.9 Å². The van der Waals surface area contributed by atoms with Gasteiger partial charge < -0.3 is 5.11 Å². The van der Waals surface area contributed by atoms with Crippen LogP contribution in [0, 0.1) is 0 Å². The fourth-order valence-electron chi connectivity index (χ4n) is 3.74. The average molecular weight is 362 g/mol.